The Labute approximate surface area is 525 Å². The van der Waals surface area contributed by atoms with Gasteiger partial charge < -0.3 is 48.3 Å². The van der Waals surface area contributed by atoms with Crippen LogP contribution in [0, 0.1) is 0 Å². The second-order valence-electron chi connectivity index (χ2n) is 30.6. The van der Waals surface area contributed by atoms with Crippen molar-refractivity contribution in [1.29, 1.82) is 0 Å². The number of unbranched alkanes of at least 4 members (excludes halogenated alkanes) is 3. The van der Waals surface area contributed by atoms with E-state index in [1.807, 2.05) is 75.0 Å². The molecule has 0 radical (unpaired) electrons. The van der Waals surface area contributed by atoms with Crippen molar-refractivity contribution in [2.45, 2.75) is 257 Å². The number of nitrogens with one attached hydrogen (secondary N) is 4. The number of aromatic nitrogens is 6. The number of anilines is 2. The van der Waals surface area contributed by atoms with Gasteiger partial charge in [0.25, 0.3) is 0 Å². The lowest BCUT2D eigenvalue weighted by molar-refractivity contribution is -0.144. The smallest absolute Gasteiger partial charge is 0.324 e. The van der Waals surface area contributed by atoms with Crippen molar-refractivity contribution < 1.29 is 38.1 Å². The van der Waals surface area contributed by atoms with Crippen molar-refractivity contribution in [1.82, 2.24) is 70.8 Å². The molecular formula is C64H110N16O8. The van der Waals surface area contributed by atoms with E-state index in [-0.39, 0.29) is 108 Å². The number of amides is 4. The van der Waals surface area contributed by atoms with Crippen LogP contribution in [-0.2, 0) is 19.2 Å². The maximum Gasteiger partial charge on any atom is 0.324 e. The van der Waals surface area contributed by atoms with Gasteiger partial charge in [-0.2, -0.15) is 19.9 Å². The minimum Gasteiger partial charge on any atom is -0.461 e. The molecule has 6 aliphatic rings. The average Bonchev–Trinajstić information content (AvgIpc) is 1.77. The largest absolute Gasteiger partial charge is 0.461 e. The van der Waals surface area contributed by atoms with Crippen LogP contribution in [0.25, 0.3) is 0 Å². The summed E-state index contributed by atoms with van der Waals surface area (Å²) in [4.78, 5) is 95.6. The lowest BCUT2D eigenvalue weighted by Crippen LogP contribution is -2.70. The van der Waals surface area contributed by atoms with E-state index in [2.05, 4.69) is 86.5 Å². The average molecular weight is 1230 g/mol. The van der Waals surface area contributed by atoms with Gasteiger partial charge in [0, 0.05) is 73.5 Å². The minimum atomic E-state index is -0.722. The highest BCUT2D eigenvalue weighted by Crippen LogP contribution is 2.32. The Morgan fingerprint density at radius 1 is 0.364 bits per heavy atom. The molecule has 24 nitrogen and oxygen atoms in total. The van der Waals surface area contributed by atoms with Gasteiger partial charge >= 0.3 is 24.0 Å². The molecule has 6 fully saturated rings. The molecule has 4 N–H and O–H groups in total. The van der Waals surface area contributed by atoms with Crippen LogP contribution >= 0.6 is 0 Å². The second-order valence-corrected chi connectivity index (χ2v) is 30.6. The summed E-state index contributed by atoms with van der Waals surface area (Å²) in [5, 5.41) is 13.9. The second kappa shape index (κ2) is 27.6. The van der Waals surface area contributed by atoms with Gasteiger partial charge in [-0.1, -0.05) is 51.4 Å². The van der Waals surface area contributed by atoms with Crippen LogP contribution in [0.2, 0.25) is 0 Å². The van der Waals surface area contributed by atoms with Crippen LogP contribution in [0.4, 0.5) is 11.9 Å². The fraction of sp³-hybridized carbons (Fsp3) is 0.844. The number of carbonyl (C=O) groups is 4. The first-order chi connectivity index (χ1) is 41.1. The van der Waals surface area contributed by atoms with Crippen LogP contribution < -0.4 is 50.0 Å². The highest BCUT2D eigenvalue weighted by atomic mass is 16.5. The summed E-state index contributed by atoms with van der Waals surface area (Å²) in [6.45, 7) is 37.8. The highest BCUT2D eigenvalue weighted by Gasteiger charge is 2.47. The molecule has 4 saturated heterocycles. The molecule has 0 spiro atoms. The van der Waals surface area contributed by atoms with Gasteiger partial charge in [-0.15, -0.1) is 9.97 Å². The van der Waals surface area contributed by atoms with E-state index in [1.165, 1.54) is 12.8 Å². The van der Waals surface area contributed by atoms with E-state index in [1.54, 1.807) is 0 Å². The SMILES string of the molecule is CC1(C)CN(CCOc2nc(OCCN3CC(C)(C)NC(C)(C)C3=O)nc(N(CCCCCCN(c3nc(OCCN4CC(C)(C)NC(C)(C)C4=O)nc(OCCN4CC(C)(C)NC(C)(C)C4=O)n3)C3CCCCC3)C3CCCCC3)n2)C(=O)C(C)(C)N1. The molecule has 0 aromatic carbocycles. The molecule has 2 aromatic rings. The highest BCUT2D eigenvalue weighted by molar-refractivity contribution is 5.88. The Hall–Kier alpha value is -5.46. The Kier molecular flexibility index (Phi) is 21.4. The molecule has 0 atom stereocenters. The van der Waals surface area contributed by atoms with Crippen molar-refractivity contribution in [3.8, 4) is 24.0 Å². The minimum absolute atomic E-state index is 0.0101. The molecule has 24 heteroatoms. The van der Waals surface area contributed by atoms with E-state index >= 15 is 0 Å². The van der Waals surface area contributed by atoms with Crippen molar-refractivity contribution in [2.24, 2.45) is 0 Å². The summed E-state index contributed by atoms with van der Waals surface area (Å²) < 4.78 is 25.4. The molecule has 2 aromatic heterocycles. The van der Waals surface area contributed by atoms with Crippen molar-refractivity contribution >= 4 is 35.5 Å². The van der Waals surface area contributed by atoms with E-state index in [0.717, 1.165) is 90.1 Å². The Morgan fingerprint density at radius 2 is 0.602 bits per heavy atom. The molecule has 2 aliphatic carbocycles. The predicted molar refractivity (Wildman–Crippen MR) is 340 cm³/mol. The molecule has 0 bridgehead atoms. The number of hydrogen-bond donors (Lipinski definition) is 4. The van der Waals surface area contributed by atoms with Crippen molar-refractivity contribution in [3.05, 3.63) is 0 Å². The van der Waals surface area contributed by atoms with Gasteiger partial charge in [-0.05, 0) is 149 Å². The summed E-state index contributed by atoms with van der Waals surface area (Å²) in [6.07, 6.45) is 14.6. The quantitative estimate of drug-likeness (QED) is 0.0741. The normalized spacial score (nSPS) is 23.2. The number of hydrogen-bond acceptors (Lipinski definition) is 20. The first kappa shape index (κ1) is 68.4. The number of nitrogens with zero attached hydrogens (tertiary/aromatic N) is 12. The Balaban J connectivity index is 0.973. The van der Waals surface area contributed by atoms with Crippen LogP contribution in [-0.4, -0.2) is 221 Å². The zero-order valence-corrected chi connectivity index (χ0v) is 56.6. The lowest BCUT2D eigenvalue weighted by Gasteiger charge is -2.47. The van der Waals surface area contributed by atoms with Crippen LogP contribution in [0.5, 0.6) is 24.0 Å². The van der Waals surface area contributed by atoms with E-state index in [4.69, 9.17) is 48.9 Å². The standard InChI is InChI=1S/C64H110N16O8/c1-57(2)41-75(47(81)61(9,10)71-57)33-37-85-53-65-51(66-54(69-53)86-38-34-76-42-58(3,4)72-62(11,12)48(76)82)79(45-27-21-19-22-28-45)31-25-17-18-26-32-80(46-29-23-20-24-30-46)52-67-55(87-39-35-77-43-59(5,6)73-63(13,14)49(77)83)70-56(68-52)88-40-36-78-44-60(7,8)74-64(15,16)50(78)84/h45-46,71-74H,17-44H2,1-16H3. The van der Waals surface area contributed by atoms with Gasteiger partial charge in [0.2, 0.25) is 35.5 Å². The summed E-state index contributed by atoms with van der Waals surface area (Å²) >= 11 is 0. The van der Waals surface area contributed by atoms with E-state index < -0.39 is 22.2 Å². The fourth-order valence-electron chi connectivity index (χ4n) is 15.0. The van der Waals surface area contributed by atoms with Crippen molar-refractivity contribution in [3.63, 3.8) is 0 Å². The van der Waals surface area contributed by atoms with Gasteiger partial charge in [0.05, 0.1) is 48.3 Å². The maximum atomic E-state index is 13.6. The lowest BCUT2D eigenvalue weighted by atomic mass is 9.90. The zero-order valence-electron chi connectivity index (χ0n) is 56.6. The third-order valence-electron chi connectivity index (χ3n) is 17.9. The number of piperazine rings is 4. The van der Waals surface area contributed by atoms with Gasteiger partial charge in [0.1, 0.15) is 26.4 Å². The first-order valence-corrected chi connectivity index (χ1v) is 33.0. The first-order valence-electron chi connectivity index (χ1n) is 33.0. The molecule has 6 heterocycles. The maximum absolute atomic E-state index is 13.6. The van der Waals surface area contributed by atoms with E-state index in [9.17, 15) is 19.2 Å². The third kappa shape index (κ3) is 18.2. The summed E-state index contributed by atoms with van der Waals surface area (Å²) in [6, 6.07) is 0.973. The summed E-state index contributed by atoms with van der Waals surface area (Å²) in [5.74, 6) is 1.04. The predicted octanol–water partition coefficient (Wildman–Crippen LogP) is 6.07. The van der Waals surface area contributed by atoms with Gasteiger partial charge in [0.15, 0.2) is 0 Å². The molecular weight excluding hydrogens is 1120 g/mol. The topological polar surface area (TPSA) is 250 Å². The molecule has 8 rings (SSSR count). The molecule has 88 heavy (non-hydrogen) atoms. The van der Waals surface area contributed by atoms with Crippen LogP contribution in [0.1, 0.15) is 201 Å². The number of rotatable bonds is 27. The Morgan fingerprint density at radius 3 is 0.841 bits per heavy atom. The van der Waals surface area contributed by atoms with Crippen LogP contribution in [0.3, 0.4) is 0 Å². The van der Waals surface area contributed by atoms with Crippen molar-refractivity contribution in [2.75, 3.05) is 102 Å². The summed E-state index contributed by atoms with van der Waals surface area (Å²) in [5.41, 5.74) is -4.01. The van der Waals surface area contributed by atoms with Crippen LogP contribution in [0.15, 0.2) is 0 Å². The third-order valence-corrected chi connectivity index (χ3v) is 17.9. The Bertz CT molecular complexity index is 2400. The summed E-state index contributed by atoms with van der Waals surface area (Å²) in [7, 11) is 0. The molecule has 4 amide bonds. The zero-order chi connectivity index (χ0) is 64.1. The molecule has 0 unspecified atom stereocenters. The number of carbonyl (C=O) groups excluding carboxylic acids is 4. The van der Waals surface area contributed by atoms with Gasteiger partial charge in [-0.3, -0.25) is 40.4 Å². The number of ether oxygens (including phenoxy) is 4. The molecule has 494 valence electrons. The monoisotopic (exact) mass is 1230 g/mol. The van der Waals surface area contributed by atoms with E-state index in [0.29, 0.717) is 64.3 Å². The van der Waals surface area contributed by atoms with Gasteiger partial charge in [-0.25, -0.2) is 0 Å². The molecule has 2 saturated carbocycles. The fourth-order valence-corrected chi connectivity index (χ4v) is 15.0. The molecule has 4 aliphatic heterocycles.